The predicted molar refractivity (Wildman–Crippen MR) is 57.7 cm³/mol. The number of piperidine rings is 1. The number of aromatic nitrogens is 2. The maximum atomic E-state index is 11.5. The zero-order valence-electron chi connectivity index (χ0n) is 9.93. The molecule has 1 aromatic heterocycles. The SMILES string of the molecule is Cc1noc(CN2CCC(=O)C(C)C2C)n1. The first-order valence-corrected chi connectivity index (χ1v) is 5.64. The minimum absolute atomic E-state index is 0.0952. The summed E-state index contributed by atoms with van der Waals surface area (Å²) in [5, 5.41) is 3.76. The summed E-state index contributed by atoms with van der Waals surface area (Å²) in [6, 6.07) is 0.244. The molecule has 2 atom stereocenters. The molecule has 1 aliphatic heterocycles. The molecule has 1 fully saturated rings. The number of hydrogen-bond donors (Lipinski definition) is 0. The van der Waals surface area contributed by atoms with Crippen LogP contribution in [0.15, 0.2) is 4.52 Å². The molecule has 0 radical (unpaired) electrons. The molecule has 0 N–H and O–H groups in total. The number of carbonyl (C=O) groups is 1. The summed E-state index contributed by atoms with van der Waals surface area (Å²) in [4.78, 5) is 17.9. The highest BCUT2D eigenvalue weighted by atomic mass is 16.5. The summed E-state index contributed by atoms with van der Waals surface area (Å²) >= 11 is 0. The van der Waals surface area contributed by atoms with E-state index in [-0.39, 0.29) is 12.0 Å². The highest BCUT2D eigenvalue weighted by molar-refractivity contribution is 5.82. The molecule has 2 rings (SSSR count). The van der Waals surface area contributed by atoms with Gasteiger partial charge in [0.1, 0.15) is 5.78 Å². The molecule has 1 aliphatic rings. The van der Waals surface area contributed by atoms with Crippen LogP contribution in [-0.2, 0) is 11.3 Å². The van der Waals surface area contributed by atoms with E-state index in [0.717, 1.165) is 6.54 Å². The number of carbonyl (C=O) groups excluding carboxylic acids is 1. The molecule has 0 bridgehead atoms. The van der Waals surface area contributed by atoms with Crippen molar-refractivity contribution in [3.63, 3.8) is 0 Å². The van der Waals surface area contributed by atoms with Gasteiger partial charge in [0.25, 0.3) is 0 Å². The molecule has 16 heavy (non-hydrogen) atoms. The molecule has 0 saturated carbocycles. The smallest absolute Gasteiger partial charge is 0.240 e. The van der Waals surface area contributed by atoms with E-state index in [1.807, 2.05) is 6.92 Å². The number of nitrogens with zero attached hydrogens (tertiary/aromatic N) is 3. The zero-order chi connectivity index (χ0) is 11.7. The summed E-state index contributed by atoms with van der Waals surface area (Å²) in [6.07, 6.45) is 0.624. The van der Waals surface area contributed by atoms with E-state index in [2.05, 4.69) is 22.0 Å². The van der Waals surface area contributed by atoms with Crippen LogP contribution >= 0.6 is 0 Å². The van der Waals surface area contributed by atoms with Crippen molar-refractivity contribution in [2.75, 3.05) is 6.54 Å². The fraction of sp³-hybridized carbons (Fsp3) is 0.727. The van der Waals surface area contributed by atoms with Crippen molar-refractivity contribution in [3.05, 3.63) is 11.7 Å². The first-order valence-electron chi connectivity index (χ1n) is 5.64. The second-order valence-electron chi connectivity index (χ2n) is 4.45. The summed E-state index contributed by atoms with van der Waals surface area (Å²) in [5.41, 5.74) is 0. The second kappa shape index (κ2) is 4.33. The Morgan fingerprint density at radius 3 is 2.88 bits per heavy atom. The van der Waals surface area contributed by atoms with E-state index in [9.17, 15) is 4.79 Å². The van der Waals surface area contributed by atoms with E-state index in [1.165, 1.54) is 0 Å². The maximum Gasteiger partial charge on any atom is 0.240 e. The Balaban J connectivity index is 2.02. The summed E-state index contributed by atoms with van der Waals surface area (Å²) in [6.45, 7) is 7.29. The Morgan fingerprint density at radius 2 is 2.25 bits per heavy atom. The average molecular weight is 223 g/mol. The Labute approximate surface area is 94.8 Å². The van der Waals surface area contributed by atoms with Crippen LogP contribution in [0.4, 0.5) is 0 Å². The molecule has 5 heteroatoms. The lowest BCUT2D eigenvalue weighted by Crippen LogP contribution is -2.46. The fourth-order valence-corrected chi connectivity index (χ4v) is 2.07. The lowest BCUT2D eigenvalue weighted by atomic mass is 9.91. The zero-order valence-corrected chi connectivity index (χ0v) is 9.93. The van der Waals surface area contributed by atoms with Crippen molar-refractivity contribution in [1.82, 2.24) is 15.0 Å². The van der Waals surface area contributed by atoms with Crippen LogP contribution in [0.1, 0.15) is 32.0 Å². The van der Waals surface area contributed by atoms with Crippen molar-refractivity contribution < 1.29 is 9.32 Å². The van der Waals surface area contributed by atoms with Crippen LogP contribution in [0.3, 0.4) is 0 Å². The van der Waals surface area contributed by atoms with Crippen molar-refractivity contribution in [2.24, 2.45) is 5.92 Å². The molecule has 88 valence electrons. The number of hydrogen-bond acceptors (Lipinski definition) is 5. The minimum atomic E-state index is 0.0952. The third kappa shape index (κ3) is 2.14. The normalized spacial score (nSPS) is 27.3. The molecule has 1 aromatic rings. The molecule has 0 aromatic carbocycles. The quantitative estimate of drug-likeness (QED) is 0.753. The molecule has 1 saturated heterocycles. The third-order valence-electron chi connectivity index (χ3n) is 3.36. The average Bonchev–Trinajstić information content (AvgIpc) is 2.65. The highest BCUT2D eigenvalue weighted by Gasteiger charge is 2.31. The maximum absolute atomic E-state index is 11.5. The van der Waals surface area contributed by atoms with E-state index in [1.54, 1.807) is 6.92 Å². The van der Waals surface area contributed by atoms with E-state index >= 15 is 0 Å². The second-order valence-corrected chi connectivity index (χ2v) is 4.45. The molecule has 0 amide bonds. The standard InChI is InChI=1S/C11H17N3O2/c1-7-8(2)14(5-4-10(7)15)6-11-12-9(3)13-16-11/h7-8H,4-6H2,1-3H3. The summed E-state index contributed by atoms with van der Waals surface area (Å²) in [5.74, 6) is 1.73. The number of rotatable bonds is 2. The number of Topliss-reactive ketones (excluding diaryl/α,β-unsaturated/α-hetero) is 1. The van der Waals surface area contributed by atoms with Gasteiger partial charge in [0.2, 0.25) is 5.89 Å². The molecule has 0 spiro atoms. The largest absolute Gasteiger partial charge is 0.338 e. The van der Waals surface area contributed by atoms with Crippen molar-refractivity contribution in [3.8, 4) is 0 Å². The van der Waals surface area contributed by atoms with Gasteiger partial charge >= 0.3 is 0 Å². The number of aryl methyl sites for hydroxylation is 1. The monoisotopic (exact) mass is 223 g/mol. The van der Waals surface area contributed by atoms with Crippen LogP contribution in [0.2, 0.25) is 0 Å². The highest BCUT2D eigenvalue weighted by Crippen LogP contribution is 2.21. The van der Waals surface area contributed by atoms with Gasteiger partial charge in [-0.25, -0.2) is 0 Å². The first-order chi connectivity index (χ1) is 7.58. The van der Waals surface area contributed by atoms with Crippen molar-refractivity contribution >= 4 is 5.78 Å². The van der Waals surface area contributed by atoms with Gasteiger partial charge in [-0.3, -0.25) is 9.69 Å². The van der Waals surface area contributed by atoms with Crippen LogP contribution in [0.25, 0.3) is 0 Å². The summed E-state index contributed by atoms with van der Waals surface area (Å²) in [7, 11) is 0. The Hall–Kier alpha value is -1.23. The van der Waals surface area contributed by atoms with Gasteiger partial charge in [0.15, 0.2) is 5.82 Å². The van der Waals surface area contributed by atoms with Crippen LogP contribution in [0.5, 0.6) is 0 Å². The molecular weight excluding hydrogens is 206 g/mol. The minimum Gasteiger partial charge on any atom is -0.338 e. The Bertz CT molecular complexity index is 388. The third-order valence-corrected chi connectivity index (χ3v) is 3.36. The molecule has 2 unspecified atom stereocenters. The Morgan fingerprint density at radius 1 is 1.50 bits per heavy atom. The van der Waals surface area contributed by atoms with Gasteiger partial charge in [0, 0.05) is 24.9 Å². The van der Waals surface area contributed by atoms with Gasteiger partial charge in [-0.05, 0) is 13.8 Å². The number of likely N-dealkylation sites (tertiary alicyclic amines) is 1. The first kappa shape index (κ1) is 11.3. The van der Waals surface area contributed by atoms with E-state index < -0.39 is 0 Å². The van der Waals surface area contributed by atoms with E-state index in [4.69, 9.17) is 4.52 Å². The lowest BCUT2D eigenvalue weighted by molar-refractivity contribution is -0.128. The number of ketones is 1. The molecule has 2 heterocycles. The van der Waals surface area contributed by atoms with Crippen LogP contribution in [-0.4, -0.2) is 33.4 Å². The van der Waals surface area contributed by atoms with Gasteiger partial charge in [-0.15, -0.1) is 0 Å². The van der Waals surface area contributed by atoms with Gasteiger partial charge in [0.05, 0.1) is 6.54 Å². The van der Waals surface area contributed by atoms with Crippen LogP contribution < -0.4 is 0 Å². The Kier molecular flexibility index (Phi) is 3.05. The van der Waals surface area contributed by atoms with E-state index in [0.29, 0.717) is 30.5 Å². The van der Waals surface area contributed by atoms with Crippen molar-refractivity contribution in [1.29, 1.82) is 0 Å². The fourth-order valence-electron chi connectivity index (χ4n) is 2.07. The molecule has 0 aliphatic carbocycles. The lowest BCUT2D eigenvalue weighted by Gasteiger charge is -2.35. The molecular formula is C11H17N3O2. The predicted octanol–water partition coefficient (Wildman–Crippen LogP) is 1.18. The topological polar surface area (TPSA) is 59.2 Å². The van der Waals surface area contributed by atoms with Gasteiger partial charge < -0.3 is 4.52 Å². The van der Waals surface area contributed by atoms with Gasteiger partial charge in [-0.1, -0.05) is 12.1 Å². The summed E-state index contributed by atoms with van der Waals surface area (Å²) < 4.78 is 5.09. The van der Waals surface area contributed by atoms with Crippen molar-refractivity contribution in [2.45, 2.75) is 39.8 Å². The van der Waals surface area contributed by atoms with Gasteiger partial charge in [-0.2, -0.15) is 4.98 Å². The van der Waals surface area contributed by atoms with Crippen LogP contribution in [0, 0.1) is 12.8 Å². The molecule has 5 nitrogen and oxygen atoms in total.